The van der Waals surface area contributed by atoms with Crippen LogP contribution in [0.2, 0.25) is 0 Å². The molecule has 1 saturated heterocycles. The summed E-state index contributed by atoms with van der Waals surface area (Å²) in [6.45, 7) is 1.58. The number of fused-ring (bicyclic) bond motifs is 1. The van der Waals surface area contributed by atoms with Gasteiger partial charge in [-0.3, -0.25) is 4.79 Å². The summed E-state index contributed by atoms with van der Waals surface area (Å²) >= 11 is 1.58. The zero-order chi connectivity index (χ0) is 18.8. The van der Waals surface area contributed by atoms with Crippen molar-refractivity contribution >= 4 is 17.7 Å². The highest BCUT2D eigenvalue weighted by molar-refractivity contribution is 8.00. The Morgan fingerprint density at radius 1 is 1.07 bits per heavy atom. The average molecular weight is 387 g/mol. The molecule has 2 aliphatic rings. The topological polar surface area (TPSA) is 57.2 Å². The molecular formula is C20H21NO5S. The average Bonchev–Trinajstić information content (AvgIpc) is 3.07. The molecule has 1 amide bonds. The van der Waals surface area contributed by atoms with Gasteiger partial charge in [-0.25, -0.2) is 0 Å². The Labute approximate surface area is 162 Å². The van der Waals surface area contributed by atoms with E-state index < -0.39 is 0 Å². The van der Waals surface area contributed by atoms with E-state index in [1.807, 2.05) is 41.3 Å². The van der Waals surface area contributed by atoms with Gasteiger partial charge in [0.2, 0.25) is 5.91 Å². The molecule has 2 aromatic rings. The SMILES string of the molecule is COc1cccc(OC)c1C1SCC(=O)N1Cc1ccc2c(c1)OCCO2. The first-order chi connectivity index (χ1) is 13.2. The smallest absolute Gasteiger partial charge is 0.234 e. The summed E-state index contributed by atoms with van der Waals surface area (Å²) in [4.78, 5) is 14.5. The number of rotatable bonds is 5. The first-order valence-corrected chi connectivity index (χ1v) is 9.76. The molecule has 27 heavy (non-hydrogen) atoms. The fraction of sp³-hybridized carbons (Fsp3) is 0.350. The third kappa shape index (κ3) is 3.39. The lowest BCUT2D eigenvalue weighted by molar-refractivity contribution is -0.128. The minimum Gasteiger partial charge on any atom is -0.496 e. The van der Waals surface area contributed by atoms with E-state index in [0.29, 0.717) is 37.0 Å². The molecule has 1 atom stereocenters. The number of nitrogens with zero attached hydrogens (tertiary/aromatic N) is 1. The van der Waals surface area contributed by atoms with Crippen LogP contribution in [-0.4, -0.2) is 44.0 Å². The van der Waals surface area contributed by atoms with E-state index in [9.17, 15) is 4.79 Å². The fourth-order valence-corrected chi connectivity index (χ4v) is 4.61. The number of thioether (sulfide) groups is 1. The first kappa shape index (κ1) is 17.9. The minimum absolute atomic E-state index is 0.0906. The summed E-state index contributed by atoms with van der Waals surface area (Å²) in [5, 5.41) is -0.170. The molecule has 0 bridgehead atoms. The van der Waals surface area contributed by atoms with E-state index in [0.717, 1.165) is 22.6 Å². The fourth-order valence-electron chi connectivity index (χ4n) is 3.37. The molecule has 4 rings (SSSR count). The molecule has 0 aliphatic carbocycles. The number of ether oxygens (including phenoxy) is 4. The van der Waals surface area contributed by atoms with Gasteiger partial charge in [0.15, 0.2) is 11.5 Å². The molecule has 0 saturated carbocycles. The van der Waals surface area contributed by atoms with Gasteiger partial charge in [0, 0.05) is 6.54 Å². The monoisotopic (exact) mass is 387 g/mol. The molecule has 0 spiro atoms. The number of methoxy groups -OCH3 is 2. The lowest BCUT2D eigenvalue weighted by Gasteiger charge is -2.27. The van der Waals surface area contributed by atoms with Gasteiger partial charge in [-0.1, -0.05) is 12.1 Å². The number of carbonyl (C=O) groups excluding carboxylic acids is 1. The van der Waals surface area contributed by atoms with Crippen molar-refractivity contribution in [1.82, 2.24) is 4.90 Å². The van der Waals surface area contributed by atoms with Crippen molar-refractivity contribution in [2.45, 2.75) is 11.9 Å². The number of hydrogen-bond donors (Lipinski definition) is 0. The van der Waals surface area contributed by atoms with Gasteiger partial charge in [0.25, 0.3) is 0 Å². The molecular weight excluding hydrogens is 366 g/mol. The first-order valence-electron chi connectivity index (χ1n) is 8.71. The Hall–Kier alpha value is -2.54. The Morgan fingerprint density at radius 3 is 2.48 bits per heavy atom. The van der Waals surface area contributed by atoms with Crippen molar-refractivity contribution < 1.29 is 23.7 Å². The summed E-state index contributed by atoms with van der Waals surface area (Å²) in [7, 11) is 3.26. The van der Waals surface area contributed by atoms with Crippen LogP contribution >= 0.6 is 11.8 Å². The van der Waals surface area contributed by atoms with Crippen molar-refractivity contribution in [3.05, 3.63) is 47.5 Å². The number of carbonyl (C=O) groups is 1. The maximum absolute atomic E-state index is 12.6. The molecule has 0 aromatic heterocycles. The van der Waals surface area contributed by atoms with Crippen LogP contribution in [0.25, 0.3) is 0 Å². The van der Waals surface area contributed by atoms with Gasteiger partial charge in [-0.05, 0) is 29.8 Å². The van der Waals surface area contributed by atoms with Crippen LogP contribution in [0.1, 0.15) is 16.5 Å². The van der Waals surface area contributed by atoms with E-state index in [4.69, 9.17) is 18.9 Å². The van der Waals surface area contributed by atoms with Gasteiger partial charge < -0.3 is 23.8 Å². The van der Waals surface area contributed by atoms with E-state index in [-0.39, 0.29) is 11.3 Å². The van der Waals surface area contributed by atoms with Crippen molar-refractivity contribution in [1.29, 1.82) is 0 Å². The van der Waals surface area contributed by atoms with Gasteiger partial charge in [-0.15, -0.1) is 11.8 Å². The molecule has 6 nitrogen and oxygen atoms in total. The van der Waals surface area contributed by atoms with Crippen LogP contribution in [0.15, 0.2) is 36.4 Å². The molecule has 2 aromatic carbocycles. The molecule has 7 heteroatoms. The Balaban J connectivity index is 1.65. The lowest BCUT2D eigenvalue weighted by atomic mass is 10.1. The Kier molecular flexibility index (Phi) is 5.03. The molecule has 2 aliphatic heterocycles. The normalized spacial score (nSPS) is 18.5. The summed E-state index contributed by atoms with van der Waals surface area (Å²) in [6, 6.07) is 11.5. The van der Waals surface area contributed by atoms with Crippen LogP contribution in [0.4, 0.5) is 0 Å². The molecule has 142 valence electrons. The summed E-state index contributed by atoms with van der Waals surface area (Å²) < 4.78 is 22.3. The van der Waals surface area contributed by atoms with Crippen LogP contribution in [-0.2, 0) is 11.3 Å². The van der Waals surface area contributed by atoms with Gasteiger partial charge >= 0.3 is 0 Å². The van der Waals surface area contributed by atoms with Crippen LogP contribution < -0.4 is 18.9 Å². The summed E-state index contributed by atoms with van der Waals surface area (Å²) in [6.07, 6.45) is 0. The highest BCUT2D eigenvalue weighted by atomic mass is 32.2. The van der Waals surface area contributed by atoms with Crippen LogP contribution in [0.3, 0.4) is 0 Å². The Morgan fingerprint density at radius 2 is 1.78 bits per heavy atom. The van der Waals surface area contributed by atoms with E-state index in [1.54, 1.807) is 26.0 Å². The van der Waals surface area contributed by atoms with Gasteiger partial charge in [0.05, 0.1) is 25.5 Å². The zero-order valence-electron chi connectivity index (χ0n) is 15.3. The number of benzene rings is 2. The third-order valence-electron chi connectivity index (χ3n) is 4.64. The second kappa shape index (κ2) is 7.60. The maximum atomic E-state index is 12.6. The second-order valence-corrected chi connectivity index (χ2v) is 7.31. The largest absolute Gasteiger partial charge is 0.496 e. The summed E-state index contributed by atoms with van der Waals surface area (Å²) in [5.74, 6) is 3.42. The second-order valence-electron chi connectivity index (χ2n) is 6.24. The van der Waals surface area contributed by atoms with E-state index >= 15 is 0 Å². The highest BCUT2D eigenvalue weighted by Crippen LogP contribution is 2.47. The Bertz CT molecular complexity index is 834. The van der Waals surface area contributed by atoms with E-state index in [1.165, 1.54) is 0 Å². The molecule has 0 N–H and O–H groups in total. The van der Waals surface area contributed by atoms with Crippen molar-refractivity contribution in [3.63, 3.8) is 0 Å². The lowest BCUT2D eigenvalue weighted by Crippen LogP contribution is -2.28. The predicted molar refractivity (Wildman–Crippen MR) is 103 cm³/mol. The zero-order valence-corrected chi connectivity index (χ0v) is 16.1. The minimum atomic E-state index is -0.170. The van der Waals surface area contributed by atoms with Gasteiger partial charge in [0.1, 0.15) is 30.1 Å². The molecule has 2 heterocycles. The maximum Gasteiger partial charge on any atom is 0.234 e. The third-order valence-corrected chi connectivity index (χ3v) is 5.86. The predicted octanol–water partition coefficient (Wildman–Crippen LogP) is 3.25. The standard InChI is InChI=1S/C20H21NO5S/c1-23-15-4-3-5-16(24-2)19(15)20-21(18(22)12-27-20)11-13-6-7-14-17(10-13)26-9-8-25-14/h3-7,10,20H,8-9,11-12H2,1-2H3. The van der Waals surface area contributed by atoms with E-state index in [2.05, 4.69) is 0 Å². The molecule has 1 fully saturated rings. The van der Waals surface area contributed by atoms with Crippen molar-refractivity contribution in [3.8, 4) is 23.0 Å². The van der Waals surface area contributed by atoms with Gasteiger partial charge in [-0.2, -0.15) is 0 Å². The number of amides is 1. The van der Waals surface area contributed by atoms with Crippen molar-refractivity contribution in [2.24, 2.45) is 0 Å². The summed E-state index contributed by atoms with van der Waals surface area (Å²) in [5.41, 5.74) is 1.88. The molecule has 1 unspecified atom stereocenters. The highest BCUT2D eigenvalue weighted by Gasteiger charge is 2.36. The van der Waals surface area contributed by atoms with Crippen LogP contribution in [0, 0.1) is 0 Å². The quantitative estimate of drug-likeness (QED) is 0.785. The number of hydrogen-bond acceptors (Lipinski definition) is 6. The van der Waals surface area contributed by atoms with Crippen LogP contribution in [0.5, 0.6) is 23.0 Å². The van der Waals surface area contributed by atoms with Crippen molar-refractivity contribution in [2.75, 3.05) is 33.2 Å². The molecule has 0 radical (unpaired) electrons.